The van der Waals surface area contributed by atoms with Crippen LogP contribution in [0.1, 0.15) is 6.85 Å². The Kier molecular flexibility index (Phi) is 4.60. The highest BCUT2D eigenvalue weighted by atomic mass is 32.1. The summed E-state index contributed by atoms with van der Waals surface area (Å²) in [6, 6.07) is 36.7. The molecule has 0 aliphatic rings. The van der Waals surface area contributed by atoms with E-state index >= 15 is 0 Å². The second kappa shape index (κ2) is 9.97. The Morgan fingerprint density at radius 2 is 1.18 bits per heavy atom. The number of thiophene rings is 1. The number of rotatable bonds is 4. The first kappa shape index (κ1) is 20.3. The fraction of sp³-hybridized carbons (Fsp3) is 0. The minimum absolute atomic E-state index is 0.0170. The molecule has 0 unspecified atom stereocenters. The van der Waals surface area contributed by atoms with Crippen molar-refractivity contribution in [1.29, 1.82) is 0 Å². The first-order chi connectivity index (χ1) is 23.9. The van der Waals surface area contributed by atoms with Crippen LogP contribution in [0.25, 0.3) is 81.8 Å². The highest BCUT2D eigenvalue weighted by Crippen LogP contribution is 2.41. The van der Waals surface area contributed by atoms with Crippen molar-refractivity contribution < 1.29 is 6.85 Å². The molecule has 0 aliphatic heterocycles. The molecule has 206 valence electrons. The summed E-state index contributed by atoms with van der Waals surface area (Å²) >= 11 is 1.68. The van der Waals surface area contributed by atoms with E-state index in [1.54, 1.807) is 11.3 Å². The molecule has 0 aliphatic carbocycles. The number of aromatic nitrogens is 4. The summed E-state index contributed by atoms with van der Waals surface area (Å²) in [5, 5.41) is 4.39. The van der Waals surface area contributed by atoms with Gasteiger partial charge < -0.3 is 4.57 Å². The number of hydrogen-bond donors (Lipinski definition) is 0. The van der Waals surface area contributed by atoms with Gasteiger partial charge in [-0.05, 0) is 36.4 Å². The SMILES string of the molecule is [2H]c1c([2H])c([2H])c(-c2nc(-c3ccccc3)nc(-c3cccc4sc5ccc(-n6c7ccccc7c7ccccc76)cc5c34)n2)c([2H])c1[2H]. The molecule has 0 amide bonds. The van der Waals surface area contributed by atoms with E-state index in [0.29, 0.717) is 11.6 Å². The number of para-hydroxylation sites is 2. The molecule has 0 radical (unpaired) electrons. The second-order valence-corrected chi connectivity index (χ2v) is 11.6. The van der Waals surface area contributed by atoms with E-state index in [9.17, 15) is 0 Å². The second-order valence-electron chi connectivity index (χ2n) is 10.5. The number of fused-ring (bicyclic) bond motifs is 6. The summed E-state index contributed by atoms with van der Waals surface area (Å²) in [7, 11) is 0. The Balaban J connectivity index is 1.32. The van der Waals surface area contributed by atoms with E-state index in [4.69, 9.17) is 16.8 Å². The van der Waals surface area contributed by atoms with Gasteiger partial charge in [-0.3, -0.25) is 0 Å². The van der Waals surface area contributed by atoms with Crippen molar-refractivity contribution in [3.63, 3.8) is 0 Å². The topological polar surface area (TPSA) is 43.6 Å². The molecule has 0 bridgehead atoms. The summed E-state index contributed by atoms with van der Waals surface area (Å²) < 4.78 is 46.5. The number of nitrogens with zero attached hydrogens (tertiary/aromatic N) is 4. The minimum Gasteiger partial charge on any atom is -0.309 e. The zero-order chi connectivity index (χ0) is 33.4. The van der Waals surface area contributed by atoms with Gasteiger partial charge in [-0.2, -0.15) is 0 Å². The van der Waals surface area contributed by atoms with Crippen molar-refractivity contribution in [2.45, 2.75) is 0 Å². The maximum atomic E-state index is 8.67. The van der Waals surface area contributed by atoms with Gasteiger partial charge in [0.05, 0.1) is 17.9 Å². The van der Waals surface area contributed by atoms with Crippen LogP contribution < -0.4 is 0 Å². The molecule has 0 N–H and O–H groups in total. The van der Waals surface area contributed by atoms with Gasteiger partial charge in [0.15, 0.2) is 17.5 Å². The van der Waals surface area contributed by atoms with E-state index < -0.39 is 18.1 Å². The van der Waals surface area contributed by atoms with E-state index in [0.717, 1.165) is 48.0 Å². The lowest BCUT2D eigenvalue weighted by atomic mass is 10.0. The van der Waals surface area contributed by atoms with Crippen LogP contribution in [0.4, 0.5) is 0 Å². The molecule has 9 aromatic rings. The van der Waals surface area contributed by atoms with Gasteiger partial charge >= 0.3 is 0 Å². The highest BCUT2D eigenvalue weighted by molar-refractivity contribution is 7.25. The van der Waals surface area contributed by atoms with Gasteiger partial charge in [0, 0.05) is 53.3 Å². The van der Waals surface area contributed by atoms with Crippen LogP contribution in [-0.4, -0.2) is 19.5 Å². The normalized spacial score (nSPS) is 13.2. The third-order valence-electron chi connectivity index (χ3n) is 7.95. The molecule has 0 atom stereocenters. The van der Waals surface area contributed by atoms with Crippen LogP contribution in [0, 0.1) is 0 Å². The minimum atomic E-state index is -0.468. The van der Waals surface area contributed by atoms with Crippen LogP contribution in [0.5, 0.6) is 0 Å². The molecule has 0 spiro atoms. The Morgan fingerprint density at radius 1 is 0.523 bits per heavy atom. The van der Waals surface area contributed by atoms with Gasteiger partial charge in [0.1, 0.15) is 0 Å². The monoisotopic (exact) mass is 585 g/mol. The lowest BCUT2D eigenvalue weighted by molar-refractivity contribution is 1.08. The number of hydrogen-bond acceptors (Lipinski definition) is 4. The molecule has 5 heteroatoms. The van der Waals surface area contributed by atoms with Gasteiger partial charge in [-0.15, -0.1) is 11.3 Å². The summed E-state index contributed by atoms with van der Waals surface area (Å²) in [5.74, 6) is 0.710. The van der Waals surface area contributed by atoms with Crippen molar-refractivity contribution in [2.75, 3.05) is 0 Å². The van der Waals surface area contributed by atoms with E-state index in [1.165, 1.54) is 10.8 Å². The quantitative estimate of drug-likeness (QED) is 0.206. The van der Waals surface area contributed by atoms with Gasteiger partial charge in [-0.1, -0.05) is 109 Å². The molecule has 0 saturated carbocycles. The average molecular weight is 586 g/mol. The van der Waals surface area contributed by atoms with Crippen LogP contribution in [-0.2, 0) is 0 Å². The van der Waals surface area contributed by atoms with E-state index in [2.05, 4.69) is 82.3 Å². The molecule has 6 aromatic carbocycles. The summed E-state index contributed by atoms with van der Waals surface area (Å²) in [6.07, 6.45) is 0. The Labute approximate surface area is 264 Å². The smallest absolute Gasteiger partial charge is 0.164 e. The predicted molar refractivity (Wildman–Crippen MR) is 183 cm³/mol. The first-order valence-electron chi connectivity index (χ1n) is 16.7. The van der Waals surface area contributed by atoms with Crippen molar-refractivity contribution in [3.8, 4) is 39.9 Å². The van der Waals surface area contributed by atoms with Crippen LogP contribution >= 0.6 is 11.3 Å². The van der Waals surface area contributed by atoms with Crippen molar-refractivity contribution in [3.05, 3.63) is 145 Å². The molecule has 4 nitrogen and oxygen atoms in total. The summed E-state index contributed by atoms with van der Waals surface area (Å²) in [4.78, 5) is 14.4. The first-order valence-corrected chi connectivity index (χ1v) is 15.0. The maximum absolute atomic E-state index is 8.67. The third kappa shape index (κ3) is 3.94. The van der Waals surface area contributed by atoms with Gasteiger partial charge in [-0.25, -0.2) is 15.0 Å². The van der Waals surface area contributed by atoms with Crippen molar-refractivity contribution in [2.24, 2.45) is 0 Å². The molecule has 0 saturated heterocycles. The van der Waals surface area contributed by atoms with Crippen LogP contribution in [0.15, 0.2) is 145 Å². The Bertz CT molecular complexity index is 2710. The largest absolute Gasteiger partial charge is 0.309 e. The fourth-order valence-corrected chi connectivity index (χ4v) is 7.14. The Hall–Kier alpha value is -5.65. The molecule has 3 aromatic heterocycles. The Morgan fingerprint density at radius 3 is 1.93 bits per heavy atom. The van der Waals surface area contributed by atoms with E-state index in [-0.39, 0.29) is 23.5 Å². The highest BCUT2D eigenvalue weighted by Gasteiger charge is 2.18. The maximum Gasteiger partial charge on any atom is 0.164 e. The van der Waals surface area contributed by atoms with E-state index in [1.807, 2.05) is 42.5 Å². The zero-order valence-electron chi connectivity index (χ0n) is 28.2. The number of benzene rings is 6. The summed E-state index contributed by atoms with van der Waals surface area (Å²) in [5.41, 5.74) is 4.68. The average Bonchev–Trinajstić information content (AvgIpc) is 3.69. The van der Waals surface area contributed by atoms with Gasteiger partial charge in [0.2, 0.25) is 0 Å². The summed E-state index contributed by atoms with van der Waals surface area (Å²) in [6.45, 7) is 0. The molecule has 44 heavy (non-hydrogen) atoms. The molecular weight excluding hydrogens is 557 g/mol. The molecule has 3 heterocycles. The standard InChI is InChI=1S/C39H24N4S/c1-3-12-25(13-4-1)37-40-38(26-14-5-2-6-15-26)42-39(41-37)30-18-11-21-35-36(30)31-24-27(22-23-34(31)44-35)43-32-19-9-7-16-28(32)29-17-8-10-20-33(29)43/h1-24H/i1D,3D,4D,12D,13D. The lowest BCUT2D eigenvalue weighted by Gasteiger charge is -2.10. The van der Waals surface area contributed by atoms with Crippen molar-refractivity contribution in [1.82, 2.24) is 19.5 Å². The molecular formula is C39H24N4S. The van der Waals surface area contributed by atoms with Crippen LogP contribution in [0.3, 0.4) is 0 Å². The van der Waals surface area contributed by atoms with Crippen molar-refractivity contribution >= 4 is 53.3 Å². The lowest BCUT2D eigenvalue weighted by Crippen LogP contribution is -2.00. The predicted octanol–water partition coefficient (Wildman–Crippen LogP) is 10.3. The van der Waals surface area contributed by atoms with Gasteiger partial charge in [0.25, 0.3) is 0 Å². The fourth-order valence-electron chi connectivity index (χ4n) is 6.03. The molecule has 0 fully saturated rings. The molecule has 9 rings (SSSR count). The zero-order valence-corrected chi connectivity index (χ0v) is 24.0. The third-order valence-corrected chi connectivity index (χ3v) is 9.08. The van der Waals surface area contributed by atoms with Crippen LogP contribution in [0.2, 0.25) is 0 Å².